The number of rotatable bonds is 5. The Morgan fingerprint density at radius 3 is 2.26 bits per heavy atom. The standard InChI is InChI=1S/C16H23F2N/c1-2-8-19-12-16(6-4-3-5-7-16)13-9-14(17)11-15(18)10-13/h9-11,19H,2-8,12H2,1H3. The highest BCUT2D eigenvalue weighted by molar-refractivity contribution is 5.28. The Hall–Kier alpha value is -0.960. The fourth-order valence-electron chi connectivity index (χ4n) is 3.16. The second kappa shape index (κ2) is 6.47. The van der Waals surface area contributed by atoms with Crippen LogP contribution in [0.1, 0.15) is 51.0 Å². The zero-order valence-corrected chi connectivity index (χ0v) is 11.6. The van der Waals surface area contributed by atoms with Crippen LogP contribution in [0.5, 0.6) is 0 Å². The van der Waals surface area contributed by atoms with Crippen LogP contribution in [0.2, 0.25) is 0 Å². The van der Waals surface area contributed by atoms with Gasteiger partial charge in [0.05, 0.1) is 0 Å². The Labute approximate surface area is 114 Å². The summed E-state index contributed by atoms with van der Waals surface area (Å²) in [5, 5.41) is 3.44. The molecule has 1 fully saturated rings. The molecule has 1 aromatic rings. The van der Waals surface area contributed by atoms with Crippen molar-refractivity contribution < 1.29 is 8.78 Å². The van der Waals surface area contributed by atoms with Crippen LogP contribution in [0, 0.1) is 11.6 Å². The highest BCUT2D eigenvalue weighted by Crippen LogP contribution is 2.39. The molecule has 3 heteroatoms. The first-order valence-electron chi connectivity index (χ1n) is 7.33. The maximum Gasteiger partial charge on any atom is 0.126 e. The first-order chi connectivity index (χ1) is 9.16. The molecule has 0 bridgehead atoms. The van der Waals surface area contributed by atoms with Gasteiger partial charge in [-0.15, -0.1) is 0 Å². The van der Waals surface area contributed by atoms with Gasteiger partial charge in [-0.05, 0) is 43.5 Å². The fraction of sp³-hybridized carbons (Fsp3) is 0.625. The van der Waals surface area contributed by atoms with E-state index in [-0.39, 0.29) is 5.41 Å². The lowest BCUT2D eigenvalue weighted by atomic mass is 9.69. The number of hydrogen-bond acceptors (Lipinski definition) is 1. The predicted molar refractivity (Wildman–Crippen MR) is 74.3 cm³/mol. The van der Waals surface area contributed by atoms with E-state index in [0.29, 0.717) is 0 Å². The maximum atomic E-state index is 13.5. The molecule has 0 aromatic heterocycles. The molecular formula is C16H23F2N. The summed E-state index contributed by atoms with van der Waals surface area (Å²) >= 11 is 0. The normalized spacial score (nSPS) is 18.5. The highest BCUT2D eigenvalue weighted by Gasteiger charge is 2.34. The van der Waals surface area contributed by atoms with Crippen LogP contribution in [0.25, 0.3) is 0 Å². The summed E-state index contributed by atoms with van der Waals surface area (Å²) in [4.78, 5) is 0. The van der Waals surface area contributed by atoms with E-state index in [1.165, 1.54) is 18.6 Å². The Balaban J connectivity index is 2.24. The third-order valence-corrected chi connectivity index (χ3v) is 4.18. The second-order valence-corrected chi connectivity index (χ2v) is 5.68. The third-order valence-electron chi connectivity index (χ3n) is 4.18. The molecule has 0 unspecified atom stereocenters. The van der Waals surface area contributed by atoms with E-state index in [1.807, 2.05) is 0 Å². The van der Waals surface area contributed by atoms with Gasteiger partial charge in [0.2, 0.25) is 0 Å². The summed E-state index contributed by atoms with van der Waals surface area (Å²) in [5.41, 5.74) is 0.740. The van der Waals surface area contributed by atoms with Crippen molar-refractivity contribution in [1.82, 2.24) is 5.32 Å². The van der Waals surface area contributed by atoms with Crippen molar-refractivity contribution in [3.63, 3.8) is 0 Å². The number of hydrogen-bond donors (Lipinski definition) is 1. The minimum atomic E-state index is -0.463. The lowest BCUT2D eigenvalue weighted by Crippen LogP contribution is -2.40. The lowest BCUT2D eigenvalue weighted by Gasteiger charge is -2.38. The van der Waals surface area contributed by atoms with Crippen molar-refractivity contribution in [2.75, 3.05) is 13.1 Å². The van der Waals surface area contributed by atoms with E-state index >= 15 is 0 Å². The van der Waals surface area contributed by atoms with Gasteiger partial charge in [0.1, 0.15) is 11.6 Å². The van der Waals surface area contributed by atoms with E-state index in [4.69, 9.17) is 0 Å². The van der Waals surface area contributed by atoms with E-state index in [0.717, 1.165) is 56.8 Å². The van der Waals surface area contributed by atoms with E-state index in [9.17, 15) is 8.78 Å². The minimum absolute atomic E-state index is 0.0869. The molecule has 0 saturated heterocycles. The molecule has 0 spiro atoms. The molecule has 0 amide bonds. The van der Waals surface area contributed by atoms with Crippen molar-refractivity contribution in [2.45, 2.75) is 50.9 Å². The summed E-state index contributed by atoms with van der Waals surface area (Å²) in [5.74, 6) is -0.925. The monoisotopic (exact) mass is 267 g/mol. The number of benzene rings is 1. The highest BCUT2D eigenvalue weighted by atomic mass is 19.1. The molecule has 1 N–H and O–H groups in total. The van der Waals surface area contributed by atoms with Crippen LogP contribution in [0.4, 0.5) is 8.78 Å². The predicted octanol–water partition coefficient (Wildman–Crippen LogP) is 4.17. The van der Waals surface area contributed by atoms with Crippen molar-refractivity contribution in [2.24, 2.45) is 0 Å². The topological polar surface area (TPSA) is 12.0 Å². The third kappa shape index (κ3) is 3.53. The summed E-state index contributed by atoms with van der Waals surface area (Å²) in [7, 11) is 0. The van der Waals surface area contributed by atoms with Crippen LogP contribution >= 0.6 is 0 Å². The van der Waals surface area contributed by atoms with Gasteiger partial charge in [-0.2, -0.15) is 0 Å². The molecule has 19 heavy (non-hydrogen) atoms. The smallest absolute Gasteiger partial charge is 0.126 e. The maximum absolute atomic E-state index is 13.5. The van der Waals surface area contributed by atoms with Gasteiger partial charge < -0.3 is 5.32 Å². The van der Waals surface area contributed by atoms with Crippen molar-refractivity contribution >= 4 is 0 Å². The van der Waals surface area contributed by atoms with Crippen LogP contribution in [-0.4, -0.2) is 13.1 Å². The largest absolute Gasteiger partial charge is 0.316 e. The van der Waals surface area contributed by atoms with Crippen molar-refractivity contribution in [3.05, 3.63) is 35.4 Å². The molecule has 1 aliphatic carbocycles. The van der Waals surface area contributed by atoms with Gasteiger partial charge in [0.15, 0.2) is 0 Å². The van der Waals surface area contributed by atoms with Gasteiger partial charge in [-0.1, -0.05) is 26.2 Å². The van der Waals surface area contributed by atoms with E-state index in [2.05, 4.69) is 12.2 Å². The summed E-state index contributed by atoms with van der Waals surface area (Å²) in [6.45, 7) is 3.91. The molecule has 0 aliphatic heterocycles. The minimum Gasteiger partial charge on any atom is -0.316 e. The zero-order valence-electron chi connectivity index (χ0n) is 11.6. The SMILES string of the molecule is CCCNCC1(c2cc(F)cc(F)c2)CCCCC1. The van der Waals surface area contributed by atoms with E-state index in [1.54, 1.807) is 0 Å². The Bertz CT molecular complexity index is 391. The summed E-state index contributed by atoms with van der Waals surface area (Å²) in [6, 6.07) is 3.99. The molecule has 106 valence electrons. The van der Waals surface area contributed by atoms with Gasteiger partial charge in [-0.3, -0.25) is 0 Å². The first-order valence-corrected chi connectivity index (χ1v) is 7.33. The number of nitrogens with one attached hydrogen (secondary N) is 1. The first kappa shape index (κ1) is 14.4. The molecular weight excluding hydrogens is 244 g/mol. The Morgan fingerprint density at radius 2 is 1.68 bits per heavy atom. The molecule has 0 heterocycles. The van der Waals surface area contributed by atoms with Crippen LogP contribution in [0.3, 0.4) is 0 Å². The van der Waals surface area contributed by atoms with E-state index < -0.39 is 11.6 Å². The zero-order chi connectivity index (χ0) is 13.7. The molecule has 1 saturated carbocycles. The quantitative estimate of drug-likeness (QED) is 0.790. The average Bonchev–Trinajstić information content (AvgIpc) is 2.39. The van der Waals surface area contributed by atoms with Gasteiger partial charge in [-0.25, -0.2) is 8.78 Å². The van der Waals surface area contributed by atoms with Crippen LogP contribution < -0.4 is 5.32 Å². The molecule has 0 radical (unpaired) electrons. The molecule has 0 atom stereocenters. The molecule has 2 rings (SSSR count). The fourth-order valence-corrected chi connectivity index (χ4v) is 3.16. The van der Waals surface area contributed by atoms with Gasteiger partial charge in [0, 0.05) is 18.0 Å². The molecule has 1 aliphatic rings. The van der Waals surface area contributed by atoms with Crippen molar-refractivity contribution in [3.8, 4) is 0 Å². The van der Waals surface area contributed by atoms with Gasteiger partial charge in [0.25, 0.3) is 0 Å². The molecule has 1 aromatic carbocycles. The van der Waals surface area contributed by atoms with Gasteiger partial charge >= 0.3 is 0 Å². The summed E-state index contributed by atoms with van der Waals surface area (Å²) in [6.07, 6.45) is 6.64. The molecule has 1 nitrogen and oxygen atoms in total. The second-order valence-electron chi connectivity index (χ2n) is 5.68. The van der Waals surface area contributed by atoms with Crippen LogP contribution in [-0.2, 0) is 5.41 Å². The Kier molecular flexibility index (Phi) is 4.92. The van der Waals surface area contributed by atoms with Crippen LogP contribution in [0.15, 0.2) is 18.2 Å². The lowest BCUT2D eigenvalue weighted by molar-refractivity contribution is 0.278. The average molecular weight is 267 g/mol. The Morgan fingerprint density at radius 1 is 1.05 bits per heavy atom. The van der Waals surface area contributed by atoms with Crippen molar-refractivity contribution in [1.29, 1.82) is 0 Å². The number of halogens is 2. The summed E-state index contributed by atoms with van der Waals surface area (Å²) < 4.78 is 27.0.